The van der Waals surface area contributed by atoms with Crippen molar-refractivity contribution in [3.8, 4) is 0 Å². The Bertz CT molecular complexity index is 231. The van der Waals surface area contributed by atoms with Gasteiger partial charge < -0.3 is 10.7 Å². The van der Waals surface area contributed by atoms with E-state index in [1.807, 2.05) is 0 Å². The highest BCUT2D eigenvalue weighted by atomic mass is 19.1. The molecule has 1 amide bonds. The van der Waals surface area contributed by atoms with Crippen LogP contribution in [0.1, 0.15) is 10.5 Å². The molecule has 0 bridgehead atoms. The van der Waals surface area contributed by atoms with E-state index < -0.39 is 11.7 Å². The molecule has 0 saturated heterocycles. The summed E-state index contributed by atoms with van der Waals surface area (Å²) in [5, 5.41) is 0. The Morgan fingerprint density at radius 3 is 2.67 bits per heavy atom. The Morgan fingerprint density at radius 1 is 1.78 bits per heavy atom. The molecule has 0 saturated carbocycles. The summed E-state index contributed by atoms with van der Waals surface area (Å²) < 4.78 is 12.3. The van der Waals surface area contributed by atoms with Crippen LogP contribution in [0.25, 0.3) is 0 Å². The van der Waals surface area contributed by atoms with Crippen LogP contribution in [0.5, 0.6) is 0 Å². The molecule has 1 aromatic rings. The van der Waals surface area contributed by atoms with E-state index >= 15 is 0 Å². The molecule has 4 heteroatoms. The number of aromatic nitrogens is 1. The van der Waals surface area contributed by atoms with Crippen molar-refractivity contribution in [2.24, 2.45) is 5.73 Å². The maximum Gasteiger partial charge on any atom is 0.268 e. The third-order valence-electron chi connectivity index (χ3n) is 0.943. The molecule has 1 heterocycles. The molecule has 1 aromatic heterocycles. The minimum absolute atomic E-state index is 0.171. The molecule has 0 fully saturated rings. The van der Waals surface area contributed by atoms with Crippen molar-refractivity contribution in [2.75, 3.05) is 0 Å². The number of nitrogens with one attached hydrogen (secondary N) is 1. The number of rotatable bonds is 1. The lowest BCUT2D eigenvalue weighted by Crippen LogP contribution is -2.12. The molecular weight excluding hydrogens is 123 g/mol. The van der Waals surface area contributed by atoms with Crippen molar-refractivity contribution in [3.63, 3.8) is 0 Å². The zero-order valence-corrected chi connectivity index (χ0v) is 4.52. The average molecular weight is 128 g/mol. The lowest BCUT2D eigenvalue weighted by atomic mass is 10.4. The normalized spacial score (nSPS) is 9.44. The van der Waals surface area contributed by atoms with Crippen molar-refractivity contribution < 1.29 is 9.18 Å². The van der Waals surface area contributed by atoms with Gasteiger partial charge in [-0.25, -0.2) is 4.39 Å². The number of carbonyl (C=O) groups excluding carboxylic acids is 1. The number of nitrogens with two attached hydrogens (primary N) is 1. The molecule has 48 valence electrons. The molecule has 1 rings (SSSR count). The molecule has 3 N–H and O–H groups in total. The Balaban J connectivity index is 3.08. The van der Waals surface area contributed by atoms with Gasteiger partial charge in [-0.2, -0.15) is 0 Å². The van der Waals surface area contributed by atoms with Crippen LogP contribution in [-0.4, -0.2) is 10.9 Å². The Morgan fingerprint density at radius 2 is 2.44 bits per heavy atom. The molecule has 0 aliphatic heterocycles. The topological polar surface area (TPSA) is 58.9 Å². The third-order valence-corrected chi connectivity index (χ3v) is 0.943. The second-order valence-corrected chi connectivity index (χ2v) is 1.56. The molecule has 0 aliphatic rings. The number of primary amides is 1. The molecule has 0 aromatic carbocycles. The monoisotopic (exact) mass is 128 g/mol. The third kappa shape index (κ3) is 0.910. The standard InChI is InChI=1S/C5H5FN2O/c6-3-1-2-8-4(3)5(7)9/h1-2,8H,(H2,7,9). The first-order chi connectivity index (χ1) is 4.22. The van der Waals surface area contributed by atoms with Crippen LogP contribution >= 0.6 is 0 Å². The van der Waals surface area contributed by atoms with E-state index in [1.165, 1.54) is 6.20 Å². The Kier molecular flexibility index (Phi) is 1.22. The zero-order valence-electron chi connectivity index (χ0n) is 4.52. The van der Waals surface area contributed by atoms with Crippen LogP contribution in [0, 0.1) is 5.82 Å². The van der Waals surface area contributed by atoms with Gasteiger partial charge in [-0.3, -0.25) is 4.79 Å². The van der Waals surface area contributed by atoms with Gasteiger partial charge in [0.25, 0.3) is 5.91 Å². The maximum absolute atomic E-state index is 12.3. The van der Waals surface area contributed by atoms with Gasteiger partial charge >= 0.3 is 0 Å². The zero-order chi connectivity index (χ0) is 6.85. The van der Waals surface area contributed by atoms with Crippen LogP contribution in [0.3, 0.4) is 0 Å². The predicted molar refractivity (Wildman–Crippen MR) is 29.3 cm³/mol. The first-order valence-electron chi connectivity index (χ1n) is 2.34. The quantitative estimate of drug-likeness (QED) is 0.559. The number of amides is 1. The highest BCUT2D eigenvalue weighted by Gasteiger charge is 2.06. The number of halogens is 1. The first kappa shape index (κ1) is 5.81. The van der Waals surface area contributed by atoms with Gasteiger partial charge in [-0.05, 0) is 6.07 Å². The summed E-state index contributed by atoms with van der Waals surface area (Å²) >= 11 is 0. The van der Waals surface area contributed by atoms with Crippen LogP contribution in [0.2, 0.25) is 0 Å². The van der Waals surface area contributed by atoms with E-state index in [9.17, 15) is 9.18 Å². The van der Waals surface area contributed by atoms with Crippen LogP contribution in [0.4, 0.5) is 4.39 Å². The van der Waals surface area contributed by atoms with Gasteiger partial charge in [0.2, 0.25) is 0 Å². The molecule has 0 radical (unpaired) electrons. The van der Waals surface area contributed by atoms with Crippen molar-refractivity contribution in [1.29, 1.82) is 0 Å². The predicted octanol–water partition coefficient (Wildman–Crippen LogP) is 0.253. The van der Waals surface area contributed by atoms with Gasteiger partial charge in [0.05, 0.1) is 0 Å². The Hall–Kier alpha value is -1.32. The van der Waals surface area contributed by atoms with E-state index in [-0.39, 0.29) is 5.69 Å². The number of hydrogen-bond donors (Lipinski definition) is 2. The molecule has 0 atom stereocenters. The van der Waals surface area contributed by atoms with Crippen LogP contribution < -0.4 is 5.73 Å². The number of H-pyrrole nitrogens is 1. The van der Waals surface area contributed by atoms with Crippen molar-refractivity contribution in [1.82, 2.24) is 4.98 Å². The summed E-state index contributed by atoms with van der Waals surface area (Å²) in [4.78, 5) is 12.6. The largest absolute Gasteiger partial charge is 0.364 e. The molecule has 0 unspecified atom stereocenters. The molecule has 0 aliphatic carbocycles. The Labute approximate surface area is 50.7 Å². The lowest BCUT2D eigenvalue weighted by Gasteiger charge is -1.85. The van der Waals surface area contributed by atoms with Crippen molar-refractivity contribution >= 4 is 5.91 Å². The van der Waals surface area contributed by atoms with Crippen molar-refractivity contribution in [2.45, 2.75) is 0 Å². The SMILES string of the molecule is NC(=O)c1[nH]ccc1F. The highest BCUT2D eigenvalue weighted by Crippen LogP contribution is 2.00. The number of hydrogen-bond acceptors (Lipinski definition) is 1. The first-order valence-corrected chi connectivity index (χ1v) is 2.34. The average Bonchev–Trinajstić information content (AvgIpc) is 2.13. The number of aromatic amines is 1. The van der Waals surface area contributed by atoms with Crippen LogP contribution in [0.15, 0.2) is 12.3 Å². The molecule has 0 spiro atoms. The summed E-state index contributed by atoms with van der Waals surface area (Å²) in [5.74, 6) is -1.39. The summed E-state index contributed by atoms with van der Waals surface area (Å²) in [6.45, 7) is 0. The fourth-order valence-electron chi connectivity index (χ4n) is 0.539. The minimum Gasteiger partial charge on any atom is -0.364 e. The second-order valence-electron chi connectivity index (χ2n) is 1.56. The van der Waals surface area contributed by atoms with Crippen LogP contribution in [-0.2, 0) is 0 Å². The van der Waals surface area contributed by atoms with E-state index in [0.717, 1.165) is 6.07 Å². The van der Waals surface area contributed by atoms with Crippen molar-refractivity contribution in [3.05, 3.63) is 23.8 Å². The van der Waals surface area contributed by atoms with Gasteiger partial charge in [0, 0.05) is 6.20 Å². The summed E-state index contributed by atoms with van der Waals surface area (Å²) in [7, 11) is 0. The minimum atomic E-state index is -0.780. The van der Waals surface area contributed by atoms with Gasteiger partial charge in [-0.15, -0.1) is 0 Å². The maximum atomic E-state index is 12.3. The fourth-order valence-corrected chi connectivity index (χ4v) is 0.539. The molecule has 9 heavy (non-hydrogen) atoms. The van der Waals surface area contributed by atoms with E-state index in [2.05, 4.69) is 4.98 Å². The summed E-state index contributed by atoms with van der Waals surface area (Å²) in [6.07, 6.45) is 1.31. The van der Waals surface area contributed by atoms with Gasteiger partial charge in [0.1, 0.15) is 5.69 Å². The van der Waals surface area contributed by atoms with E-state index in [0.29, 0.717) is 0 Å². The van der Waals surface area contributed by atoms with E-state index in [1.54, 1.807) is 0 Å². The van der Waals surface area contributed by atoms with Gasteiger partial charge in [0.15, 0.2) is 5.82 Å². The summed E-state index contributed by atoms with van der Waals surface area (Å²) in [6, 6.07) is 1.14. The smallest absolute Gasteiger partial charge is 0.268 e. The van der Waals surface area contributed by atoms with E-state index in [4.69, 9.17) is 5.73 Å². The number of carbonyl (C=O) groups is 1. The van der Waals surface area contributed by atoms with Gasteiger partial charge in [-0.1, -0.05) is 0 Å². The molecule has 3 nitrogen and oxygen atoms in total. The summed E-state index contributed by atoms with van der Waals surface area (Å²) in [5.41, 5.74) is 4.58. The highest BCUT2D eigenvalue weighted by molar-refractivity contribution is 5.91. The second kappa shape index (κ2) is 1.89. The lowest BCUT2D eigenvalue weighted by molar-refractivity contribution is 0.0992. The molecular formula is C5H5FN2O. The fraction of sp³-hybridized carbons (Fsp3) is 0.